The largest absolute Gasteiger partial charge is 0.393 e. The Labute approximate surface area is 111 Å². The molecule has 1 saturated heterocycles. The van der Waals surface area contributed by atoms with E-state index in [4.69, 9.17) is 9.47 Å². The predicted molar refractivity (Wildman–Crippen MR) is 71.6 cm³/mol. The summed E-state index contributed by atoms with van der Waals surface area (Å²) in [4.78, 5) is 0. The molecule has 0 amide bonds. The lowest BCUT2D eigenvalue weighted by Crippen LogP contribution is -2.33. The molecule has 2 rings (SSSR count). The van der Waals surface area contributed by atoms with Gasteiger partial charge in [-0.3, -0.25) is 0 Å². The molecule has 0 aromatic rings. The Balaban J connectivity index is 1.46. The van der Waals surface area contributed by atoms with Crippen LogP contribution in [-0.4, -0.2) is 36.6 Å². The summed E-state index contributed by atoms with van der Waals surface area (Å²) in [6.45, 7) is 3.81. The summed E-state index contributed by atoms with van der Waals surface area (Å²) in [5, 5.41) is 9.99. The van der Waals surface area contributed by atoms with Crippen molar-refractivity contribution < 1.29 is 14.6 Å². The van der Waals surface area contributed by atoms with Gasteiger partial charge in [-0.2, -0.15) is 0 Å². The van der Waals surface area contributed by atoms with Crippen molar-refractivity contribution in [2.45, 2.75) is 76.6 Å². The van der Waals surface area contributed by atoms with Crippen LogP contribution < -0.4 is 0 Å². The molecule has 2 fully saturated rings. The molecule has 0 spiro atoms. The van der Waals surface area contributed by atoms with Gasteiger partial charge in [-0.15, -0.1) is 0 Å². The second kappa shape index (κ2) is 7.46. The molecule has 1 heterocycles. The summed E-state index contributed by atoms with van der Waals surface area (Å²) in [5.41, 5.74) is 0. The highest BCUT2D eigenvalue weighted by molar-refractivity contribution is 4.82. The molecule has 1 saturated carbocycles. The number of ether oxygens (including phenoxy) is 2. The van der Waals surface area contributed by atoms with Crippen LogP contribution in [0.25, 0.3) is 0 Å². The van der Waals surface area contributed by atoms with Gasteiger partial charge in [0.1, 0.15) is 0 Å². The van der Waals surface area contributed by atoms with Gasteiger partial charge in [0.2, 0.25) is 0 Å². The van der Waals surface area contributed by atoms with Crippen LogP contribution in [0.2, 0.25) is 0 Å². The zero-order chi connectivity index (χ0) is 12.8. The molecule has 0 radical (unpaired) electrons. The van der Waals surface area contributed by atoms with E-state index in [-0.39, 0.29) is 6.10 Å². The van der Waals surface area contributed by atoms with E-state index in [1.807, 2.05) is 6.92 Å². The summed E-state index contributed by atoms with van der Waals surface area (Å²) in [7, 11) is 0. The maximum absolute atomic E-state index is 9.99. The molecular weight excluding hydrogens is 228 g/mol. The van der Waals surface area contributed by atoms with Crippen LogP contribution in [0, 0.1) is 5.92 Å². The molecule has 3 heteroatoms. The molecule has 106 valence electrons. The van der Waals surface area contributed by atoms with Crippen molar-refractivity contribution >= 4 is 0 Å². The normalized spacial score (nSPS) is 33.3. The minimum atomic E-state index is -0.112. The first-order valence-corrected chi connectivity index (χ1v) is 7.69. The van der Waals surface area contributed by atoms with E-state index in [1.165, 1.54) is 12.8 Å². The van der Waals surface area contributed by atoms with Crippen molar-refractivity contribution in [2.24, 2.45) is 5.92 Å². The molecule has 2 unspecified atom stereocenters. The van der Waals surface area contributed by atoms with Gasteiger partial charge in [0.25, 0.3) is 0 Å². The van der Waals surface area contributed by atoms with E-state index in [1.54, 1.807) is 0 Å². The van der Waals surface area contributed by atoms with Crippen molar-refractivity contribution in [1.29, 1.82) is 0 Å². The molecule has 1 N–H and O–H groups in total. The van der Waals surface area contributed by atoms with Gasteiger partial charge in [-0.1, -0.05) is 0 Å². The quantitative estimate of drug-likeness (QED) is 0.725. The number of rotatable bonds is 8. The molecule has 18 heavy (non-hydrogen) atoms. The van der Waals surface area contributed by atoms with Crippen LogP contribution >= 0.6 is 0 Å². The first-order valence-electron chi connectivity index (χ1n) is 7.69. The van der Waals surface area contributed by atoms with Gasteiger partial charge >= 0.3 is 0 Å². The highest BCUT2D eigenvalue weighted by Crippen LogP contribution is 2.34. The highest BCUT2D eigenvalue weighted by atomic mass is 16.5. The zero-order valence-corrected chi connectivity index (χ0v) is 11.6. The minimum absolute atomic E-state index is 0.112. The third-order valence-corrected chi connectivity index (χ3v) is 4.29. The average molecular weight is 256 g/mol. The SMILES string of the molecule is CCOC1CC(CC(O)CCCC2CCCO2)C1. The van der Waals surface area contributed by atoms with Crippen molar-refractivity contribution in [2.75, 3.05) is 13.2 Å². The summed E-state index contributed by atoms with van der Waals surface area (Å²) in [6.07, 6.45) is 9.71. The van der Waals surface area contributed by atoms with Crippen molar-refractivity contribution in [3.05, 3.63) is 0 Å². The Kier molecular flexibility index (Phi) is 5.93. The molecular formula is C15H28O3. The van der Waals surface area contributed by atoms with Crippen molar-refractivity contribution in [3.8, 4) is 0 Å². The van der Waals surface area contributed by atoms with Gasteiger partial charge in [-0.05, 0) is 64.2 Å². The van der Waals surface area contributed by atoms with Gasteiger partial charge < -0.3 is 14.6 Å². The van der Waals surface area contributed by atoms with Crippen LogP contribution in [0.4, 0.5) is 0 Å². The summed E-state index contributed by atoms with van der Waals surface area (Å²) in [6, 6.07) is 0. The second-order valence-corrected chi connectivity index (χ2v) is 5.87. The standard InChI is InChI=1S/C15H28O3/c1-2-17-15-10-12(11-15)9-13(16)5-3-6-14-7-4-8-18-14/h12-16H,2-11H2,1H3. The lowest BCUT2D eigenvalue weighted by Gasteiger charge is -2.36. The van der Waals surface area contributed by atoms with E-state index in [9.17, 15) is 5.11 Å². The minimum Gasteiger partial charge on any atom is -0.393 e. The molecule has 1 aliphatic carbocycles. The molecule has 0 aromatic heterocycles. The van der Waals surface area contributed by atoms with Crippen LogP contribution in [0.1, 0.15) is 58.3 Å². The second-order valence-electron chi connectivity index (χ2n) is 5.87. The fourth-order valence-corrected chi connectivity index (χ4v) is 3.19. The van der Waals surface area contributed by atoms with E-state index >= 15 is 0 Å². The fraction of sp³-hybridized carbons (Fsp3) is 1.00. The monoisotopic (exact) mass is 256 g/mol. The maximum atomic E-state index is 9.99. The summed E-state index contributed by atoms with van der Waals surface area (Å²) >= 11 is 0. The van der Waals surface area contributed by atoms with Crippen LogP contribution in [-0.2, 0) is 9.47 Å². The lowest BCUT2D eigenvalue weighted by atomic mass is 9.78. The van der Waals surface area contributed by atoms with Crippen LogP contribution in [0.3, 0.4) is 0 Å². The average Bonchev–Trinajstić information content (AvgIpc) is 2.79. The lowest BCUT2D eigenvalue weighted by molar-refractivity contribution is -0.0386. The van der Waals surface area contributed by atoms with E-state index in [2.05, 4.69) is 0 Å². The van der Waals surface area contributed by atoms with Gasteiger partial charge in [0.05, 0.1) is 18.3 Å². The van der Waals surface area contributed by atoms with Crippen LogP contribution in [0.15, 0.2) is 0 Å². The van der Waals surface area contributed by atoms with Crippen molar-refractivity contribution in [1.82, 2.24) is 0 Å². The van der Waals surface area contributed by atoms with E-state index < -0.39 is 0 Å². The topological polar surface area (TPSA) is 38.7 Å². The number of aliphatic hydroxyl groups excluding tert-OH is 1. The van der Waals surface area contributed by atoms with E-state index in [0.717, 1.165) is 51.7 Å². The third-order valence-electron chi connectivity index (χ3n) is 4.29. The first kappa shape index (κ1) is 14.3. The fourth-order valence-electron chi connectivity index (χ4n) is 3.19. The molecule has 1 aliphatic heterocycles. The highest BCUT2D eigenvalue weighted by Gasteiger charge is 2.30. The smallest absolute Gasteiger partial charge is 0.0580 e. The third kappa shape index (κ3) is 4.52. The predicted octanol–water partition coefficient (Wildman–Crippen LogP) is 2.90. The maximum Gasteiger partial charge on any atom is 0.0580 e. The Hall–Kier alpha value is -0.120. The van der Waals surface area contributed by atoms with Gasteiger partial charge in [0.15, 0.2) is 0 Å². The first-order chi connectivity index (χ1) is 8.78. The molecule has 2 aliphatic rings. The Morgan fingerprint density at radius 2 is 2.22 bits per heavy atom. The van der Waals surface area contributed by atoms with E-state index in [0.29, 0.717) is 18.1 Å². The summed E-state index contributed by atoms with van der Waals surface area (Å²) < 4.78 is 11.1. The van der Waals surface area contributed by atoms with Crippen molar-refractivity contribution in [3.63, 3.8) is 0 Å². The number of hydrogen-bond donors (Lipinski definition) is 1. The van der Waals surface area contributed by atoms with Gasteiger partial charge in [0, 0.05) is 13.2 Å². The molecule has 2 atom stereocenters. The molecule has 0 bridgehead atoms. The number of aliphatic hydroxyl groups is 1. The number of hydrogen-bond acceptors (Lipinski definition) is 3. The Morgan fingerprint density at radius 1 is 1.39 bits per heavy atom. The molecule has 3 nitrogen and oxygen atoms in total. The Morgan fingerprint density at radius 3 is 2.89 bits per heavy atom. The molecule has 0 aromatic carbocycles. The Bertz CT molecular complexity index is 220. The summed E-state index contributed by atoms with van der Waals surface area (Å²) in [5.74, 6) is 0.694. The zero-order valence-electron chi connectivity index (χ0n) is 11.6. The van der Waals surface area contributed by atoms with Gasteiger partial charge in [-0.25, -0.2) is 0 Å². The van der Waals surface area contributed by atoms with Crippen LogP contribution in [0.5, 0.6) is 0 Å².